The van der Waals surface area contributed by atoms with Crippen LogP contribution in [0.3, 0.4) is 0 Å². The van der Waals surface area contributed by atoms with Gasteiger partial charge in [0.1, 0.15) is 18.5 Å². The van der Waals surface area contributed by atoms with Crippen LogP contribution in [0, 0.1) is 0 Å². The Kier molecular flexibility index (Phi) is 5.84. The first-order valence-corrected chi connectivity index (χ1v) is 8.54. The number of pyridine rings is 1. The lowest BCUT2D eigenvalue weighted by molar-refractivity contribution is 0.0869. The van der Waals surface area contributed by atoms with Gasteiger partial charge < -0.3 is 20.2 Å². The first kappa shape index (κ1) is 17.2. The van der Waals surface area contributed by atoms with Crippen molar-refractivity contribution in [1.29, 1.82) is 0 Å². The Morgan fingerprint density at radius 2 is 2.20 bits per heavy atom. The van der Waals surface area contributed by atoms with Gasteiger partial charge in [-0.1, -0.05) is 17.3 Å². The highest BCUT2D eigenvalue weighted by Crippen LogP contribution is 2.24. The van der Waals surface area contributed by atoms with Crippen molar-refractivity contribution < 1.29 is 14.4 Å². The molecular formula is C17H17BrN4O3. The summed E-state index contributed by atoms with van der Waals surface area (Å²) < 4.78 is 6.60. The Hall–Kier alpha value is -2.61. The van der Waals surface area contributed by atoms with Crippen LogP contribution in [0.25, 0.3) is 0 Å². The number of carbonyl (C=O) groups excluding carboxylic acids is 1. The Balaban J connectivity index is 1.38. The summed E-state index contributed by atoms with van der Waals surface area (Å²) in [6.45, 7) is 0.703. The van der Waals surface area contributed by atoms with Crippen LogP contribution in [-0.2, 0) is 4.84 Å². The van der Waals surface area contributed by atoms with Crippen LogP contribution in [0.1, 0.15) is 6.42 Å². The molecule has 0 fully saturated rings. The van der Waals surface area contributed by atoms with Gasteiger partial charge in [0.05, 0.1) is 28.6 Å². The third kappa shape index (κ3) is 5.18. The van der Waals surface area contributed by atoms with Gasteiger partial charge >= 0.3 is 6.03 Å². The standard InChI is InChI=1S/C17H17BrN4O3/c18-15-5-1-2-6-16(15)24-11-13-8-14(25-22-13)10-20-17(23)21-12-4-3-7-19-9-12/h1-7,9,14H,8,10-11H2,(H2,20,21,23). The number of halogens is 1. The predicted octanol–water partition coefficient (Wildman–Crippen LogP) is 3.19. The summed E-state index contributed by atoms with van der Waals surface area (Å²) in [4.78, 5) is 21.1. The average Bonchev–Trinajstić information content (AvgIpc) is 3.08. The smallest absolute Gasteiger partial charge is 0.319 e. The number of nitrogens with one attached hydrogen (secondary N) is 2. The zero-order chi connectivity index (χ0) is 17.5. The minimum atomic E-state index is -0.311. The van der Waals surface area contributed by atoms with Gasteiger partial charge in [0.2, 0.25) is 0 Å². The van der Waals surface area contributed by atoms with E-state index >= 15 is 0 Å². The van der Waals surface area contributed by atoms with E-state index in [0.29, 0.717) is 25.3 Å². The van der Waals surface area contributed by atoms with E-state index in [-0.39, 0.29) is 12.1 Å². The monoisotopic (exact) mass is 404 g/mol. The van der Waals surface area contributed by atoms with Crippen LogP contribution in [0.4, 0.5) is 10.5 Å². The normalized spacial score (nSPS) is 15.9. The molecule has 1 aliphatic rings. The van der Waals surface area contributed by atoms with Gasteiger partial charge in [0, 0.05) is 12.6 Å². The molecule has 0 saturated heterocycles. The summed E-state index contributed by atoms with van der Waals surface area (Å²) in [5.41, 5.74) is 1.43. The number of urea groups is 1. The second-order valence-corrected chi connectivity index (χ2v) is 6.24. The van der Waals surface area contributed by atoms with Crippen LogP contribution in [-0.4, -0.2) is 36.0 Å². The number of rotatable bonds is 6. The third-order valence-electron chi connectivity index (χ3n) is 3.43. The van der Waals surface area contributed by atoms with Crippen molar-refractivity contribution in [2.45, 2.75) is 12.5 Å². The summed E-state index contributed by atoms with van der Waals surface area (Å²) in [6.07, 6.45) is 3.63. The summed E-state index contributed by atoms with van der Waals surface area (Å²) in [6, 6.07) is 10.8. The molecule has 2 amide bonds. The van der Waals surface area contributed by atoms with Crippen LogP contribution in [0.2, 0.25) is 0 Å². The average molecular weight is 405 g/mol. The van der Waals surface area contributed by atoms with Crippen LogP contribution < -0.4 is 15.4 Å². The molecule has 1 unspecified atom stereocenters. The molecule has 130 valence electrons. The molecule has 0 saturated carbocycles. The number of anilines is 1. The quantitative estimate of drug-likeness (QED) is 0.773. The fraction of sp³-hybridized carbons (Fsp3) is 0.235. The number of nitrogens with zero attached hydrogens (tertiary/aromatic N) is 2. The van der Waals surface area contributed by atoms with Crippen molar-refractivity contribution in [2.75, 3.05) is 18.5 Å². The van der Waals surface area contributed by atoms with Crippen molar-refractivity contribution in [2.24, 2.45) is 5.16 Å². The van der Waals surface area contributed by atoms with Crippen molar-refractivity contribution >= 4 is 33.4 Å². The highest BCUT2D eigenvalue weighted by Gasteiger charge is 2.22. The third-order valence-corrected chi connectivity index (χ3v) is 4.09. The van der Waals surface area contributed by atoms with E-state index in [2.05, 4.69) is 36.7 Å². The molecule has 25 heavy (non-hydrogen) atoms. The zero-order valence-electron chi connectivity index (χ0n) is 13.3. The Labute approximate surface area is 153 Å². The molecule has 0 aliphatic carbocycles. The molecule has 2 heterocycles. The van der Waals surface area contributed by atoms with E-state index in [4.69, 9.17) is 9.57 Å². The Morgan fingerprint density at radius 1 is 1.32 bits per heavy atom. The molecule has 7 nitrogen and oxygen atoms in total. The van der Waals surface area contributed by atoms with Gasteiger partial charge in [0.15, 0.2) is 0 Å². The molecule has 1 aromatic heterocycles. The fourth-order valence-electron chi connectivity index (χ4n) is 2.22. The number of carbonyl (C=O) groups is 1. The molecule has 8 heteroatoms. The second-order valence-electron chi connectivity index (χ2n) is 5.38. The lowest BCUT2D eigenvalue weighted by Crippen LogP contribution is -2.35. The summed E-state index contributed by atoms with van der Waals surface area (Å²) in [5.74, 6) is 0.752. The molecule has 2 aromatic rings. The van der Waals surface area contributed by atoms with Crippen LogP contribution in [0.15, 0.2) is 58.4 Å². The van der Waals surface area contributed by atoms with Gasteiger partial charge in [-0.05, 0) is 40.2 Å². The highest BCUT2D eigenvalue weighted by molar-refractivity contribution is 9.10. The van der Waals surface area contributed by atoms with E-state index in [0.717, 1.165) is 15.9 Å². The predicted molar refractivity (Wildman–Crippen MR) is 97.8 cm³/mol. The molecule has 1 atom stereocenters. The maximum Gasteiger partial charge on any atom is 0.319 e. The summed E-state index contributed by atoms with van der Waals surface area (Å²) in [7, 11) is 0. The van der Waals surface area contributed by atoms with Gasteiger partial charge in [0.25, 0.3) is 0 Å². The minimum Gasteiger partial charge on any atom is -0.486 e. The molecule has 0 spiro atoms. The molecule has 0 radical (unpaired) electrons. The summed E-state index contributed by atoms with van der Waals surface area (Å²) >= 11 is 3.43. The van der Waals surface area contributed by atoms with Gasteiger partial charge in [-0.15, -0.1) is 0 Å². The van der Waals surface area contributed by atoms with Crippen molar-refractivity contribution in [3.05, 3.63) is 53.3 Å². The number of hydrogen-bond acceptors (Lipinski definition) is 5. The number of para-hydroxylation sites is 1. The van der Waals surface area contributed by atoms with Crippen molar-refractivity contribution in [3.63, 3.8) is 0 Å². The molecule has 1 aliphatic heterocycles. The van der Waals surface area contributed by atoms with E-state index in [1.807, 2.05) is 24.3 Å². The molecular weight excluding hydrogens is 388 g/mol. The number of oxime groups is 1. The Morgan fingerprint density at radius 3 is 3.00 bits per heavy atom. The Bertz CT molecular complexity index is 755. The number of amides is 2. The fourth-order valence-corrected chi connectivity index (χ4v) is 2.62. The SMILES string of the molecule is O=C(NCC1CC(COc2ccccc2Br)=NO1)Nc1cccnc1. The number of aromatic nitrogens is 1. The van der Waals surface area contributed by atoms with Gasteiger partial charge in [-0.3, -0.25) is 4.98 Å². The van der Waals surface area contributed by atoms with Crippen molar-refractivity contribution in [3.8, 4) is 5.75 Å². The zero-order valence-corrected chi connectivity index (χ0v) is 14.9. The number of benzene rings is 1. The topological polar surface area (TPSA) is 84.8 Å². The molecule has 2 N–H and O–H groups in total. The van der Waals surface area contributed by atoms with Crippen LogP contribution >= 0.6 is 15.9 Å². The molecule has 0 bridgehead atoms. The lowest BCUT2D eigenvalue weighted by Gasteiger charge is -2.11. The summed E-state index contributed by atoms with van der Waals surface area (Å²) in [5, 5.41) is 9.47. The van der Waals surface area contributed by atoms with Crippen LogP contribution in [0.5, 0.6) is 5.75 Å². The maximum absolute atomic E-state index is 11.8. The minimum absolute atomic E-state index is 0.197. The maximum atomic E-state index is 11.8. The second kappa shape index (κ2) is 8.48. The van der Waals surface area contributed by atoms with Crippen molar-refractivity contribution in [1.82, 2.24) is 10.3 Å². The molecule has 3 rings (SSSR count). The number of ether oxygens (including phenoxy) is 1. The lowest BCUT2D eigenvalue weighted by atomic mass is 10.2. The first-order valence-electron chi connectivity index (χ1n) is 7.74. The van der Waals surface area contributed by atoms with Gasteiger partial charge in [-0.2, -0.15) is 0 Å². The van der Waals surface area contributed by atoms with E-state index in [9.17, 15) is 4.79 Å². The van der Waals surface area contributed by atoms with Gasteiger partial charge in [-0.25, -0.2) is 4.79 Å². The largest absolute Gasteiger partial charge is 0.486 e. The number of hydrogen-bond donors (Lipinski definition) is 2. The first-order chi connectivity index (χ1) is 12.2. The van der Waals surface area contributed by atoms with E-state index in [1.54, 1.807) is 24.5 Å². The molecule has 1 aromatic carbocycles. The highest BCUT2D eigenvalue weighted by atomic mass is 79.9. The van der Waals surface area contributed by atoms with E-state index < -0.39 is 0 Å². The van der Waals surface area contributed by atoms with E-state index in [1.165, 1.54) is 0 Å².